The summed E-state index contributed by atoms with van der Waals surface area (Å²) in [4.78, 5) is 0. The van der Waals surface area contributed by atoms with Crippen LogP contribution in [0.2, 0.25) is 0 Å². The van der Waals surface area contributed by atoms with Gasteiger partial charge in [-0.15, -0.1) is 0 Å². The second kappa shape index (κ2) is 5.22. The van der Waals surface area contributed by atoms with E-state index in [4.69, 9.17) is 5.73 Å². The predicted octanol–water partition coefficient (Wildman–Crippen LogP) is 3.66. The Kier molecular flexibility index (Phi) is 3.88. The van der Waals surface area contributed by atoms with Crippen LogP contribution >= 0.6 is 0 Å². The van der Waals surface area contributed by atoms with Gasteiger partial charge < -0.3 is 5.73 Å². The molecule has 0 spiro atoms. The number of hydrogen-bond acceptors (Lipinski definition) is 1. The van der Waals surface area contributed by atoms with Crippen LogP contribution in [0.25, 0.3) is 0 Å². The molecule has 0 saturated heterocycles. The van der Waals surface area contributed by atoms with E-state index in [1.807, 2.05) is 0 Å². The van der Waals surface area contributed by atoms with Gasteiger partial charge in [-0.05, 0) is 23.5 Å². The van der Waals surface area contributed by atoms with E-state index in [1.165, 1.54) is 43.2 Å². The lowest BCUT2D eigenvalue weighted by atomic mass is 9.83. The fourth-order valence-corrected chi connectivity index (χ4v) is 2.78. The van der Waals surface area contributed by atoms with Crippen LogP contribution < -0.4 is 5.73 Å². The molecule has 1 heteroatoms. The van der Waals surface area contributed by atoms with Crippen LogP contribution in [0.3, 0.4) is 0 Å². The summed E-state index contributed by atoms with van der Waals surface area (Å²) in [5.74, 6) is 0.922. The zero-order valence-electron chi connectivity index (χ0n) is 11.2. The van der Waals surface area contributed by atoms with Gasteiger partial charge in [-0.3, -0.25) is 0 Å². The van der Waals surface area contributed by atoms with Gasteiger partial charge in [0.25, 0.3) is 0 Å². The Morgan fingerprint density at radius 2 is 1.94 bits per heavy atom. The number of benzene rings is 1. The van der Waals surface area contributed by atoms with Gasteiger partial charge in [-0.2, -0.15) is 0 Å². The van der Waals surface area contributed by atoms with Crippen molar-refractivity contribution < 1.29 is 0 Å². The molecule has 0 heterocycles. The Bertz CT molecular complexity index is 362. The first-order valence-electron chi connectivity index (χ1n) is 6.91. The van der Waals surface area contributed by atoms with E-state index < -0.39 is 0 Å². The number of hydrogen-bond donors (Lipinski definition) is 1. The molecule has 0 amide bonds. The van der Waals surface area contributed by atoms with Crippen LogP contribution in [0.15, 0.2) is 24.3 Å². The molecule has 1 fully saturated rings. The topological polar surface area (TPSA) is 26.0 Å². The minimum atomic E-state index is 0.103. The lowest BCUT2D eigenvalue weighted by Crippen LogP contribution is -2.28. The van der Waals surface area contributed by atoms with Crippen LogP contribution in [0.4, 0.5) is 0 Å². The maximum Gasteiger partial charge on any atom is 0.00191 e. The molecule has 0 atom stereocenters. The normalized spacial score (nSPS) is 17.6. The van der Waals surface area contributed by atoms with Crippen LogP contribution in [0, 0.1) is 5.92 Å². The maximum atomic E-state index is 5.85. The Labute approximate surface area is 105 Å². The van der Waals surface area contributed by atoms with E-state index in [1.54, 1.807) is 0 Å². The summed E-state index contributed by atoms with van der Waals surface area (Å²) >= 11 is 0. The molecule has 0 unspecified atom stereocenters. The van der Waals surface area contributed by atoms with Gasteiger partial charge in [0.1, 0.15) is 0 Å². The SMILES string of the molecule is CC(C)(CN)c1cccc(CC2CCCC2)c1. The van der Waals surface area contributed by atoms with Gasteiger partial charge in [0.15, 0.2) is 0 Å². The molecule has 0 radical (unpaired) electrons. The zero-order valence-corrected chi connectivity index (χ0v) is 11.2. The van der Waals surface area contributed by atoms with Gasteiger partial charge in [-0.1, -0.05) is 63.8 Å². The quantitative estimate of drug-likeness (QED) is 0.841. The van der Waals surface area contributed by atoms with E-state index in [9.17, 15) is 0 Å². The maximum absolute atomic E-state index is 5.85. The summed E-state index contributed by atoms with van der Waals surface area (Å²) in [5.41, 5.74) is 8.84. The third-order valence-corrected chi connectivity index (χ3v) is 4.22. The van der Waals surface area contributed by atoms with Crippen molar-refractivity contribution in [1.29, 1.82) is 0 Å². The van der Waals surface area contributed by atoms with Crippen LogP contribution in [0.1, 0.15) is 50.7 Å². The highest BCUT2D eigenvalue weighted by Crippen LogP contribution is 2.29. The molecule has 2 N–H and O–H groups in total. The van der Waals surface area contributed by atoms with Gasteiger partial charge >= 0.3 is 0 Å². The standard InChI is InChI=1S/C16H25N/c1-16(2,12-17)15-9-5-8-14(11-15)10-13-6-3-4-7-13/h5,8-9,11,13H,3-4,6-7,10,12,17H2,1-2H3. The van der Waals surface area contributed by atoms with Crippen molar-refractivity contribution in [2.75, 3.05) is 6.54 Å². The molecule has 17 heavy (non-hydrogen) atoms. The van der Waals surface area contributed by atoms with Crippen LogP contribution in [0.5, 0.6) is 0 Å². The monoisotopic (exact) mass is 231 g/mol. The molecule has 1 nitrogen and oxygen atoms in total. The van der Waals surface area contributed by atoms with Gasteiger partial charge in [0.05, 0.1) is 0 Å². The molecule has 2 rings (SSSR count). The summed E-state index contributed by atoms with van der Waals surface area (Å²) in [5, 5.41) is 0. The fourth-order valence-electron chi connectivity index (χ4n) is 2.78. The van der Waals surface area contributed by atoms with E-state index in [0.29, 0.717) is 6.54 Å². The molecule has 0 bridgehead atoms. The summed E-state index contributed by atoms with van der Waals surface area (Å²) in [6.45, 7) is 5.16. The molecule has 1 aromatic carbocycles. The molecule has 1 aliphatic rings. The average Bonchev–Trinajstić information content (AvgIpc) is 2.82. The third kappa shape index (κ3) is 3.10. The van der Waals surface area contributed by atoms with E-state index in [-0.39, 0.29) is 5.41 Å². The van der Waals surface area contributed by atoms with E-state index >= 15 is 0 Å². The second-order valence-electron chi connectivity index (χ2n) is 6.14. The molecule has 94 valence electrons. The van der Waals surface area contributed by atoms with E-state index in [0.717, 1.165) is 5.92 Å². The first-order valence-corrected chi connectivity index (χ1v) is 6.91. The Morgan fingerprint density at radius 3 is 2.59 bits per heavy atom. The van der Waals surface area contributed by atoms with Crippen molar-refractivity contribution in [3.63, 3.8) is 0 Å². The second-order valence-corrected chi connectivity index (χ2v) is 6.14. The smallest absolute Gasteiger partial charge is 0.00191 e. The highest BCUT2D eigenvalue weighted by atomic mass is 14.6. The summed E-state index contributed by atoms with van der Waals surface area (Å²) in [6, 6.07) is 9.04. The first kappa shape index (κ1) is 12.6. The predicted molar refractivity (Wildman–Crippen MR) is 74.2 cm³/mol. The molecule has 0 aromatic heterocycles. The van der Waals surface area contributed by atoms with E-state index in [2.05, 4.69) is 38.1 Å². The Balaban J connectivity index is 2.10. The van der Waals surface area contributed by atoms with Crippen molar-refractivity contribution >= 4 is 0 Å². The highest BCUT2D eigenvalue weighted by Gasteiger charge is 2.20. The average molecular weight is 231 g/mol. The summed E-state index contributed by atoms with van der Waals surface area (Å²) in [7, 11) is 0. The van der Waals surface area contributed by atoms with Gasteiger partial charge in [0.2, 0.25) is 0 Å². The van der Waals surface area contributed by atoms with Crippen molar-refractivity contribution in [2.45, 2.75) is 51.4 Å². The highest BCUT2D eigenvalue weighted by molar-refractivity contribution is 5.29. The molecular weight excluding hydrogens is 206 g/mol. The lowest BCUT2D eigenvalue weighted by molar-refractivity contribution is 0.530. The molecule has 0 aliphatic heterocycles. The van der Waals surface area contributed by atoms with Crippen molar-refractivity contribution in [2.24, 2.45) is 11.7 Å². The number of rotatable bonds is 4. The molecule has 1 aliphatic carbocycles. The summed E-state index contributed by atoms with van der Waals surface area (Å²) < 4.78 is 0. The molecule has 1 aromatic rings. The van der Waals surface area contributed by atoms with Crippen molar-refractivity contribution in [3.8, 4) is 0 Å². The molecular formula is C16H25N. The summed E-state index contributed by atoms with van der Waals surface area (Å²) in [6.07, 6.45) is 6.96. The van der Waals surface area contributed by atoms with Crippen LogP contribution in [-0.2, 0) is 11.8 Å². The zero-order chi connectivity index (χ0) is 12.3. The van der Waals surface area contributed by atoms with Crippen molar-refractivity contribution in [3.05, 3.63) is 35.4 Å². The fraction of sp³-hybridized carbons (Fsp3) is 0.625. The van der Waals surface area contributed by atoms with Gasteiger partial charge in [-0.25, -0.2) is 0 Å². The Hall–Kier alpha value is -0.820. The minimum Gasteiger partial charge on any atom is -0.330 e. The third-order valence-electron chi connectivity index (χ3n) is 4.22. The minimum absolute atomic E-state index is 0.103. The largest absolute Gasteiger partial charge is 0.330 e. The van der Waals surface area contributed by atoms with Crippen molar-refractivity contribution in [1.82, 2.24) is 0 Å². The molecule has 1 saturated carbocycles. The van der Waals surface area contributed by atoms with Crippen LogP contribution in [-0.4, -0.2) is 6.54 Å². The Morgan fingerprint density at radius 1 is 1.24 bits per heavy atom. The number of nitrogens with two attached hydrogens (primary N) is 1. The van der Waals surface area contributed by atoms with Gasteiger partial charge in [0, 0.05) is 12.0 Å². The first-order chi connectivity index (χ1) is 8.12. The lowest BCUT2D eigenvalue weighted by Gasteiger charge is -2.24.